The molecular formula is C22H35N3O3. The second-order valence-corrected chi connectivity index (χ2v) is 10.3. The van der Waals surface area contributed by atoms with E-state index in [0.717, 1.165) is 43.4 Å². The van der Waals surface area contributed by atoms with Crippen molar-refractivity contribution in [3.8, 4) is 0 Å². The summed E-state index contributed by atoms with van der Waals surface area (Å²) in [4.78, 5) is 27.6. The Labute approximate surface area is 168 Å². The van der Waals surface area contributed by atoms with E-state index in [4.69, 9.17) is 4.74 Å². The Morgan fingerprint density at radius 1 is 0.893 bits per heavy atom. The number of hydrogen-bond acceptors (Lipinski definition) is 3. The van der Waals surface area contributed by atoms with Gasteiger partial charge in [0.15, 0.2) is 0 Å². The van der Waals surface area contributed by atoms with Crippen molar-refractivity contribution in [2.75, 3.05) is 26.3 Å². The molecular weight excluding hydrogens is 354 g/mol. The minimum atomic E-state index is 0.00595. The fourth-order valence-electron chi connectivity index (χ4n) is 7.31. The number of urea groups is 1. The van der Waals surface area contributed by atoms with Crippen molar-refractivity contribution >= 4 is 11.9 Å². The molecule has 28 heavy (non-hydrogen) atoms. The van der Waals surface area contributed by atoms with Crippen molar-refractivity contribution in [3.05, 3.63) is 0 Å². The highest BCUT2D eigenvalue weighted by Gasteiger charge is 2.51. The number of nitrogens with zero attached hydrogens (tertiary/aromatic N) is 1. The molecule has 2 N–H and O–H groups in total. The molecule has 0 aromatic heterocycles. The largest absolute Gasteiger partial charge is 0.378 e. The Hall–Kier alpha value is -1.30. The fourth-order valence-corrected chi connectivity index (χ4v) is 7.31. The highest BCUT2D eigenvalue weighted by molar-refractivity contribution is 5.79. The van der Waals surface area contributed by atoms with Crippen LogP contribution >= 0.6 is 0 Å². The van der Waals surface area contributed by atoms with Crippen LogP contribution in [-0.2, 0) is 9.53 Å². The van der Waals surface area contributed by atoms with Crippen molar-refractivity contribution < 1.29 is 14.3 Å². The standard InChI is InChI=1S/C22H35N3O3/c26-20(25-4-6-28-7-5-25)18-2-1-3-19(11-18)23-21(27)24-22-12-15-8-16(13-22)10-17(9-15)14-22/h15-19H,1-14H2,(H2,23,24,27). The average Bonchev–Trinajstić information content (AvgIpc) is 2.66. The molecule has 4 bridgehead atoms. The first-order valence-corrected chi connectivity index (χ1v) is 11.5. The van der Waals surface area contributed by atoms with Gasteiger partial charge >= 0.3 is 6.03 Å². The summed E-state index contributed by atoms with van der Waals surface area (Å²) in [6.45, 7) is 2.71. The van der Waals surface area contributed by atoms with Crippen LogP contribution in [0.5, 0.6) is 0 Å². The van der Waals surface area contributed by atoms with Crippen LogP contribution in [0.25, 0.3) is 0 Å². The lowest BCUT2D eigenvalue weighted by Crippen LogP contribution is -2.62. The van der Waals surface area contributed by atoms with Gasteiger partial charge in [-0.05, 0) is 75.5 Å². The van der Waals surface area contributed by atoms with E-state index >= 15 is 0 Å². The van der Waals surface area contributed by atoms with Gasteiger partial charge in [0.05, 0.1) is 13.2 Å². The van der Waals surface area contributed by atoms with Crippen LogP contribution in [-0.4, -0.2) is 54.7 Å². The topological polar surface area (TPSA) is 70.7 Å². The molecule has 5 saturated carbocycles. The SMILES string of the molecule is O=C(NC1CCCC(C(=O)N2CCOCC2)C1)NC12CC3CC(CC(C3)C1)C2. The molecule has 0 radical (unpaired) electrons. The smallest absolute Gasteiger partial charge is 0.315 e. The number of nitrogens with one attached hydrogen (secondary N) is 2. The van der Waals surface area contributed by atoms with Gasteiger partial charge in [-0.15, -0.1) is 0 Å². The first-order chi connectivity index (χ1) is 13.6. The molecule has 6 nitrogen and oxygen atoms in total. The van der Waals surface area contributed by atoms with Gasteiger partial charge in [-0.1, -0.05) is 6.42 Å². The van der Waals surface area contributed by atoms with Crippen LogP contribution in [0.3, 0.4) is 0 Å². The van der Waals surface area contributed by atoms with Gasteiger partial charge < -0.3 is 20.3 Å². The number of hydrogen-bond donors (Lipinski definition) is 2. The van der Waals surface area contributed by atoms with Gasteiger partial charge in [0.1, 0.15) is 0 Å². The predicted molar refractivity (Wildman–Crippen MR) is 106 cm³/mol. The van der Waals surface area contributed by atoms with E-state index in [0.29, 0.717) is 26.3 Å². The molecule has 3 amide bonds. The van der Waals surface area contributed by atoms with Crippen LogP contribution < -0.4 is 10.6 Å². The zero-order chi connectivity index (χ0) is 19.1. The van der Waals surface area contributed by atoms with Gasteiger partial charge in [-0.25, -0.2) is 4.79 Å². The molecule has 6 fully saturated rings. The van der Waals surface area contributed by atoms with Crippen molar-refractivity contribution in [3.63, 3.8) is 0 Å². The average molecular weight is 390 g/mol. The molecule has 1 aliphatic heterocycles. The Morgan fingerprint density at radius 2 is 1.54 bits per heavy atom. The molecule has 2 unspecified atom stereocenters. The summed E-state index contributed by atoms with van der Waals surface area (Å²) < 4.78 is 5.37. The Kier molecular flexibility index (Phi) is 5.02. The summed E-state index contributed by atoms with van der Waals surface area (Å²) >= 11 is 0. The van der Waals surface area contributed by atoms with Crippen molar-refractivity contribution in [2.45, 2.75) is 75.8 Å². The maximum atomic E-state index is 12.8. The summed E-state index contributed by atoms with van der Waals surface area (Å²) in [5.41, 5.74) is 0.0521. The maximum absolute atomic E-state index is 12.8. The third-order valence-corrected chi connectivity index (χ3v) is 8.10. The lowest BCUT2D eigenvalue weighted by Gasteiger charge is -2.56. The predicted octanol–water partition coefficient (Wildman–Crippen LogP) is 2.67. The van der Waals surface area contributed by atoms with Gasteiger partial charge in [0.2, 0.25) is 5.91 Å². The molecule has 0 aromatic carbocycles. The van der Waals surface area contributed by atoms with E-state index in [1.807, 2.05) is 4.90 Å². The van der Waals surface area contributed by atoms with E-state index < -0.39 is 0 Å². The molecule has 6 heteroatoms. The fraction of sp³-hybridized carbons (Fsp3) is 0.909. The molecule has 0 aromatic rings. The summed E-state index contributed by atoms with van der Waals surface area (Å²) in [6.07, 6.45) is 11.4. The van der Waals surface area contributed by atoms with Crippen LogP contribution in [0.1, 0.15) is 64.2 Å². The zero-order valence-electron chi connectivity index (χ0n) is 17.0. The number of rotatable bonds is 3. The molecule has 1 saturated heterocycles. The third-order valence-electron chi connectivity index (χ3n) is 8.10. The molecule has 5 aliphatic carbocycles. The number of carbonyl (C=O) groups excluding carboxylic acids is 2. The van der Waals surface area contributed by atoms with Gasteiger partial charge in [-0.3, -0.25) is 4.79 Å². The van der Waals surface area contributed by atoms with E-state index in [2.05, 4.69) is 10.6 Å². The molecule has 0 spiro atoms. The molecule has 1 heterocycles. The van der Waals surface area contributed by atoms with Crippen LogP contribution in [0.15, 0.2) is 0 Å². The monoisotopic (exact) mass is 389 g/mol. The van der Waals surface area contributed by atoms with E-state index in [1.165, 1.54) is 38.5 Å². The van der Waals surface area contributed by atoms with Gasteiger partial charge in [-0.2, -0.15) is 0 Å². The summed E-state index contributed by atoms with van der Waals surface area (Å²) in [5.74, 6) is 2.80. The van der Waals surface area contributed by atoms with Crippen molar-refractivity contribution in [1.29, 1.82) is 0 Å². The third kappa shape index (κ3) is 3.77. The molecule has 156 valence electrons. The second kappa shape index (κ2) is 7.51. The normalized spacial score (nSPS) is 42.3. The summed E-state index contributed by atoms with van der Waals surface area (Å²) in [5, 5.41) is 6.65. The number of morpholine rings is 1. The minimum absolute atomic E-state index is 0.00595. The first-order valence-electron chi connectivity index (χ1n) is 11.5. The summed E-state index contributed by atoms with van der Waals surface area (Å²) in [6, 6.07) is 0.129. The molecule has 6 aliphatic rings. The van der Waals surface area contributed by atoms with Crippen LogP contribution in [0.4, 0.5) is 4.79 Å². The number of ether oxygens (including phenoxy) is 1. The lowest BCUT2D eigenvalue weighted by molar-refractivity contribution is -0.140. The number of amides is 3. The highest BCUT2D eigenvalue weighted by atomic mass is 16.5. The minimum Gasteiger partial charge on any atom is -0.378 e. The van der Waals surface area contributed by atoms with Crippen LogP contribution in [0, 0.1) is 23.7 Å². The summed E-state index contributed by atoms with van der Waals surface area (Å²) in [7, 11) is 0. The zero-order valence-corrected chi connectivity index (χ0v) is 17.0. The lowest BCUT2D eigenvalue weighted by atomic mass is 9.53. The van der Waals surface area contributed by atoms with Gasteiger partial charge in [0, 0.05) is 30.6 Å². The molecule has 2 atom stereocenters. The highest BCUT2D eigenvalue weighted by Crippen LogP contribution is 2.55. The Morgan fingerprint density at radius 3 is 2.18 bits per heavy atom. The quantitative estimate of drug-likeness (QED) is 0.780. The van der Waals surface area contributed by atoms with E-state index in [-0.39, 0.29) is 29.4 Å². The van der Waals surface area contributed by atoms with E-state index in [1.54, 1.807) is 0 Å². The maximum Gasteiger partial charge on any atom is 0.315 e. The van der Waals surface area contributed by atoms with Gasteiger partial charge in [0.25, 0.3) is 0 Å². The first kappa shape index (κ1) is 18.7. The van der Waals surface area contributed by atoms with E-state index in [9.17, 15) is 9.59 Å². The van der Waals surface area contributed by atoms with Crippen LogP contribution in [0.2, 0.25) is 0 Å². The Bertz CT molecular complexity index is 581. The second-order valence-electron chi connectivity index (χ2n) is 10.3. The Balaban J connectivity index is 1.15. The number of carbonyl (C=O) groups is 2. The van der Waals surface area contributed by atoms with Crippen molar-refractivity contribution in [1.82, 2.24) is 15.5 Å². The molecule has 6 rings (SSSR count). The van der Waals surface area contributed by atoms with Crippen molar-refractivity contribution in [2.24, 2.45) is 23.7 Å².